The highest BCUT2D eigenvalue weighted by atomic mass is 127. The van der Waals surface area contributed by atoms with Crippen LogP contribution < -0.4 is 11.1 Å². The number of nitrogens with one attached hydrogen (secondary N) is 1. The molecular formula is C22H28FIN6. The normalized spacial score (nSPS) is 13.9. The van der Waals surface area contributed by atoms with Crippen molar-refractivity contribution in [2.45, 2.75) is 65.0 Å². The molecule has 160 valence electrons. The van der Waals surface area contributed by atoms with Crippen LogP contribution in [0.25, 0.3) is 11.2 Å². The summed E-state index contributed by atoms with van der Waals surface area (Å²) in [6.45, 7) is 7.97. The Balaban J connectivity index is 1.67. The number of hydrogen-bond acceptors (Lipinski definition) is 5. The first-order valence-corrected chi connectivity index (χ1v) is 11.5. The highest BCUT2D eigenvalue weighted by Gasteiger charge is 2.20. The van der Waals surface area contributed by atoms with Gasteiger partial charge in [-0.1, -0.05) is 6.07 Å². The van der Waals surface area contributed by atoms with Crippen LogP contribution in [0.15, 0.2) is 12.1 Å². The summed E-state index contributed by atoms with van der Waals surface area (Å²) in [7, 11) is 0. The van der Waals surface area contributed by atoms with E-state index in [-0.39, 0.29) is 11.4 Å². The zero-order valence-electron chi connectivity index (χ0n) is 17.7. The average molecular weight is 522 g/mol. The highest BCUT2D eigenvalue weighted by molar-refractivity contribution is 14.1. The summed E-state index contributed by atoms with van der Waals surface area (Å²) in [4.78, 5) is 12.4. The number of fused-ring (bicyclic) bond motifs is 2. The third kappa shape index (κ3) is 4.59. The maximum absolute atomic E-state index is 13.9. The second-order valence-corrected chi connectivity index (χ2v) is 10.2. The summed E-state index contributed by atoms with van der Waals surface area (Å²) >= 11 is 2.41. The lowest BCUT2D eigenvalue weighted by Crippen LogP contribution is -2.36. The number of aryl methyl sites for hydroxylation is 3. The van der Waals surface area contributed by atoms with Crippen LogP contribution in [0.1, 0.15) is 56.1 Å². The Morgan fingerprint density at radius 3 is 2.63 bits per heavy atom. The molecule has 4 rings (SSSR count). The van der Waals surface area contributed by atoms with Crippen LogP contribution in [0.3, 0.4) is 0 Å². The van der Waals surface area contributed by atoms with E-state index in [1.54, 1.807) is 0 Å². The monoisotopic (exact) mass is 522 g/mol. The summed E-state index contributed by atoms with van der Waals surface area (Å²) in [6.07, 6.45) is 4.25. The zero-order chi connectivity index (χ0) is 21.5. The quantitative estimate of drug-likeness (QED) is 0.291. The van der Waals surface area contributed by atoms with E-state index in [1.165, 1.54) is 26.7 Å². The number of halogens is 2. The minimum absolute atomic E-state index is 0.0546. The number of imidazole rings is 1. The van der Waals surface area contributed by atoms with Crippen LogP contribution in [-0.2, 0) is 25.8 Å². The number of benzene rings is 1. The van der Waals surface area contributed by atoms with Gasteiger partial charge in [-0.05, 0) is 98.3 Å². The Labute approximate surface area is 190 Å². The topological polar surface area (TPSA) is 81.7 Å². The second-order valence-electron chi connectivity index (χ2n) is 9.00. The molecule has 3 N–H and O–H groups in total. The predicted octanol–water partition coefficient (Wildman–Crippen LogP) is 4.01. The van der Waals surface area contributed by atoms with Crippen molar-refractivity contribution in [3.05, 3.63) is 44.3 Å². The third-order valence-corrected chi connectivity index (χ3v) is 6.50. The van der Waals surface area contributed by atoms with Gasteiger partial charge in [-0.3, -0.25) is 0 Å². The maximum atomic E-state index is 13.9. The van der Waals surface area contributed by atoms with Gasteiger partial charge in [0.15, 0.2) is 17.0 Å². The molecule has 6 nitrogen and oxygen atoms in total. The fourth-order valence-corrected chi connectivity index (χ4v) is 4.78. The lowest BCUT2D eigenvalue weighted by Gasteiger charge is -2.20. The standard InChI is InChI=1S/C22H28FIN6/c1-22(2,3)26-8-5-9-30-17(27-18-19(25)28-21(23)29-20(18)30)12-15-10-13-6-4-7-14(13)11-16(15)24/h10-11,26H,4-9,12H2,1-3H3,(H2,25,28,29). The minimum Gasteiger partial charge on any atom is -0.382 e. The van der Waals surface area contributed by atoms with E-state index in [4.69, 9.17) is 10.7 Å². The Morgan fingerprint density at radius 2 is 1.90 bits per heavy atom. The molecule has 2 aromatic heterocycles. The van der Waals surface area contributed by atoms with E-state index in [2.05, 4.69) is 70.8 Å². The summed E-state index contributed by atoms with van der Waals surface area (Å²) in [5.41, 5.74) is 11.1. The number of nitrogens with two attached hydrogens (primary N) is 1. The average Bonchev–Trinajstić information content (AvgIpc) is 3.23. The number of nitrogen functional groups attached to an aromatic ring is 1. The maximum Gasteiger partial charge on any atom is 0.312 e. The number of nitrogens with zero attached hydrogens (tertiary/aromatic N) is 4. The van der Waals surface area contributed by atoms with Crippen molar-refractivity contribution >= 4 is 39.6 Å². The molecule has 0 spiro atoms. The highest BCUT2D eigenvalue weighted by Crippen LogP contribution is 2.29. The minimum atomic E-state index is -0.812. The van der Waals surface area contributed by atoms with Gasteiger partial charge in [-0.25, -0.2) is 4.98 Å². The molecule has 0 aliphatic heterocycles. The number of rotatable bonds is 6. The molecule has 0 bridgehead atoms. The number of hydrogen-bond donors (Lipinski definition) is 2. The first-order chi connectivity index (χ1) is 14.2. The van der Waals surface area contributed by atoms with E-state index in [1.807, 2.05) is 4.57 Å². The van der Waals surface area contributed by atoms with Gasteiger partial charge >= 0.3 is 6.08 Å². The van der Waals surface area contributed by atoms with E-state index >= 15 is 0 Å². The Bertz CT molecular complexity index is 1090. The van der Waals surface area contributed by atoms with Crippen LogP contribution >= 0.6 is 22.6 Å². The van der Waals surface area contributed by atoms with Gasteiger partial charge in [0.05, 0.1) is 0 Å². The molecule has 0 radical (unpaired) electrons. The van der Waals surface area contributed by atoms with Crippen LogP contribution in [0.4, 0.5) is 10.2 Å². The Kier molecular flexibility index (Phi) is 5.98. The van der Waals surface area contributed by atoms with E-state index < -0.39 is 6.08 Å². The molecule has 0 saturated heterocycles. The lowest BCUT2D eigenvalue weighted by molar-refractivity contribution is 0.413. The van der Waals surface area contributed by atoms with Crippen molar-refractivity contribution in [2.24, 2.45) is 0 Å². The Hall–Kier alpha value is -1.81. The molecule has 30 heavy (non-hydrogen) atoms. The number of anilines is 1. The number of aromatic nitrogens is 4. The third-order valence-electron chi connectivity index (χ3n) is 5.50. The second kappa shape index (κ2) is 8.37. The van der Waals surface area contributed by atoms with Crippen molar-refractivity contribution < 1.29 is 4.39 Å². The van der Waals surface area contributed by atoms with E-state index in [0.29, 0.717) is 24.1 Å². The zero-order valence-corrected chi connectivity index (χ0v) is 19.9. The molecule has 1 aromatic carbocycles. The van der Waals surface area contributed by atoms with Crippen molar-refractivity contribution in [1.29, 1.82) is 0 Å². The molecule has 0 saturated carbocycles. The van der Waals surface area contributed by atoms with Crippen molar-refractivity contribution in [1.82, 2.24) is 24.8 Å². The van der Waals surface area contributed by atoms with Gasteiger partial charge in [0.25, 0.3) is 0 Å². The van der Waals surface area contributed by atoms with E-state index in [0.717, 1.165) is 31.6 Å². The molecule has 1 aliphatic carbocycles. The fourth-order valence-electron chi connectivity index (χ4n) is 4.06. The molecule has 2 heterocycles. The lowest BCUT2D eigenvalue weighted by atomic mass is 10.0. The smallest absolute Gasteiger partial charge is 0.312 e. The molecule has 0 unspecified atom stereocenters. The summed E-state index contributed by atoms with van der Waals surface area (Å²) in [5, 5.41) is 3.50. The Morgan fingerprint density at radius 1 is 1.17 bits per heavy atom. The van der Waals surface area contributed by atoms with Gasteiger partial charge in [0.1, 0.15) is 5.82 Å². The van der Waals surface area contributed by atoms with Crippen molar-refractivity contribution in [2.75, 3.05) is 12.3 Å². The van der Waals surface area contributed by atoms with Crippen molar-refractivity contribution in [3.8, 4) is 0 Å². The van der Waals surface area contributed by atoms with Gasteiger partial charge in [0.2, 0.25) is 0 Å². The molecule has 0 atom stereocenters. The van der Waals surface area contributed by atoms with Crippen molar-refractivity contribution in [3.63, 3.8) is 0 Å². The molecule has 1 aliphatic rings. The molecule has 8 heteroatoms. The molecule has 0 fully saturated rings. The fraction of sp³-hybridized carbons (Fsp3) is 0.500. The van der Waals surface area contributed by atoms with Gasteiger partial charge in [-0.15, -0.1) is 0 Å². The largest absolute Gasteiger partial charge is 0.382 e. The molecular weight excluding hydrogens is 494 g/mol. The van der Waals surface area contributed by atoms with E-state index in [9.17, 15) is 4.39 Å². The first-order valence-electron chi connectivity index (χ1n) is 10.4. The molecule has 3 aromatic rings. The van der Waals surface area contributed by atoms with Gasteiger partial charge in [0, 0.05) is 22.1 Å². The van der Waals surface area contributed by atoms with Gasteiger partial charge < -0.3 is 15.6 Å². The predicted molar refractivity (Wildman–Crippen MR) is 126 cm³/mol. The molecule has 0 amide bonds. The van der Waals surface area contributed by atoms with Crippen LogP contribution in [0, 0.1) is 9.65 Å². The van der Waals surface area contributed by atoms with Gasteiger partial charge in [-0.2, -0.15) is 14.4 Å². The summed E-state index contributed by atoms with van der Waals surface area (Å²) in [5.74, 6) is 0.942. The summed E-state index contributed by atoms with van der Waals surface area (Å²) in [6, 6.07) is 4.61. The SMILES string of the molecule is CC(C)(C)NCCCn1c(Cc2cc3c(cc2I)CCC3)nc2c(N)nc(F)nc21. The first kappa shape index (κ1) is 21.4. The van der Waals surface area contributed by atoms with Crippen LogP contribution in [-0.4, -0.2) is 31.6 Å². The summed E-state index contributed by atoms with van der Waals surface area (Å²) < 4.78 is 17.2. The van der Waals surface area contributed by atoms with Crippen LogP contribution in [0.5, 0.6) is 0 Å². The van der Waals surface area contributed by atoms with Crippen LogP contribution in [0.2, 0.25) is 0 Å².